The number of nitrogens with one attached hydrogen (secondary N) is 6. The number of halogens is 3. The molecular weight excluding hydrogens is 1230 g/mol. The highest BCUT2D eigenvalue weighted by molar-refractivity contribution is 9.10. The third-order valence-electron chi connectivity index (χ3n) is 15.1. The van der Waals surface area contributed by atoms with Crippen LogP contribution >= 0.6 is 43.5 Å². The highest BCUT2D eigenvalue weighted by Crippen LogP contribution is 2.49. The van der Waals surface area contributed by atoms with Crippen LogP contribution in [0, 0.1) is 18.8 Å². The summed E-state index contributed by atoms with van der Waals surface area (Å²) in [7, 11) is 4.45. The zero-order valence-corrected chi connectivity index (χ0v) is 52.3. The summed E-state index contributed by atoms with van der Waals surface area (Å²) in [5.41, 5.74) is 4.40. The second-order valence-corrected chi connectivity index (χ2v) is 23.4. The minimum absolute atomic E-state index is 0.0941. The molecule has 3 aliphatic rings. The monoisotopic (exact) mass is 1310 g/mol. The summed E-state index contributed by atoms with van der Waals surface area (Å²) in [6.07, 6.45) is 2.10. The van der Waals surface area contributed by atoms with Crippen molar-refractivity contribution in [3.8, 4) is 5.75 Å². The first kappa shape index (κ1) is 68.6. The number of alkyl halides is 2. The number of hydrogen-bond donors (Lipinski definition) is 9. The smallest absolute Gasteiger partial charge is 0.409 e. The zero-order chi connectivity index (χ0) is 61.4. The number of allylic oxidation sites excluding steroid dienone is 3. The summed E-state index contributed by atoms with van der Waals surface area (Å²) in [6.45, 7) is 11.1. The van der Waals surface area contributed by atoms with Crippen LogP contribution in [0.25, 0.3) is 0 Å². The van der Waals surface area contributed by atoms with Gasteiger partial charge in [-0.2, -0.15) is 0 Å². The Kier molecular flexibility index (Phi) is 25.8. The van der Waals surface area contributed by atoms with E-state index < -0.39 is 102 Å². The van der Waals surface area contributed by atoms with E-state index in [9.17, 15) is 43.8 Å². The van der Waals surface area contributed by atoms with E-state index in [1.54, 1.807) is 84.2 Å². The van der Waals surface area contributed by atoms with Crippen molar-refractivity contribution in [1.82, 2.24) is 21.3 Å². The molecule has 23 nitrogen and oxygen atoms in total. The Bertz CT molecular complexity index is 2670. The lowest BCUT2D eigenvalue weighted by atomic mass is 9.83. The molecule has 0 spiro atoms. The maximum Gasteiger partial charge on any atom is 0.409 e. The van der Waals surface area contributed by atoms with Gasteiger partial charge in [0.05, 0.1) is 37.4 Å². The molecule has 2 aromatic rings. The minimum Gasteiger partial charge on any atom is -0.495 e. The first-order valence-corrected chi connectivity index (χ1v) is 30.1. The Morgan fingerprint density at radius 1 is 1.06 bits per heavy atom. The van der Waals surface area contributed by atoms with Crippen molar-refractivity contribution >= 4 is 103 Å². The average molecular weight is 1310 g/mol. The van der Waals surface area contributed by atoms with Gasteiger partial charge in [0.2, 0.25) is 24.1 Å². The molecule has 11 atom stereocenters. The molecule has 0 aliphatic carbocycles. The number of rotatable bonds is 27. The summed E-state index contributed by atoms with van der Waals surface area (Å²) < 4.78 is 35.5. The number of epoxide rings is 1. The van der Waals surface area contributed by atoms with Gasteiger partial charge in [-0.15, -0.1) is 0 Å². The molecular formula is C57H81Br2ClN8O15. The first-order chi connectivity index (χ1) is 39.3. The minimum atomic E-state index is -1.88. The van der Waals surface area contributed by atoms with Crippen LogP contribution in [0.5, 0.6) is 5.75 Å². The number of aliphatic hydroxyl groups is 2. The molecule has 2 aromatic carbocycles. The van der Waals surface area contributed by atoms with Gasteiger partial charge in [-0.25, -0.2) is 9.59 Å². The van der Waals surface area contributed by atoms with Gasteiger partial charge >= 0.3 is 12.1 Å². The van der Waals surface area contributed by atoms with E-state index in [1.165, 1.54) is 19.1 Å². The molecule has 5 rings (SSSR count). The van der Waals surface area contributed by atoms with Crippen LogP contribution < -0.4 is 47.3 Å². The second-order valence-electron chi connectivity index (χ2n) is 21.9. The van der Waals surface area contributed by atoms with Crippen molar-refractivity contribution in [3.63, 3.8) is 0 Å². The average Bonchev–Trinajstić information content (AvgIpc) is 3.55. The number of aldehydes is 2. The SMILES string of the molecule is COc1cc2cc(c1Cl)N(C)C(=O)C[C@H](OC(O)Nc1ccc(NC(=O)[C@H](CCCNC(N)=O)NC(=O)[C@@H](NC(C=O)CCCCOC(C=O)(CBr)CBr)C(C)C)c(C)c1)[C@]1(C)O[C@H]1[C@H](C)[C@@H]1C[C@@](O)(NC(=O)O1)[C@H](OC)/C=C/C=C(\C)C2. The number of anilines is 3. The van der Waals surface area contributed by atoms with Crippen LogP contribution in [-0.4, -0.2) is 164 Å². The molecule has 4 bridgehead atoms. The predicted molar refractivity (Wildman–Crippen MR) is 320 cm³/mol. The fraction of sp³-hybridized carbons (Fsp3) is 0.596. The second kappa shape index (κ2) is 31.3. The number of unbranched alkanes of at least 4 members (excludes halogenated alkanes) is 1. The highest BCUT2D eigenvalue weighted by atomic mass is 79.9. The lowest BCUT2D eigenvalue weighted by molar-refractivity contribution is -0.148. The van der Waals surface area contributed by atoms with E-state index in [2.05, 4.69) is 63.8 Å². The van der Waals surface area contributed by atoms with Crippen molar-refractivity contribution < 1.29 is 72.2 Å². The number of hydrogen-bond acceptors (Lipinski definition) is 17. The van der Waals surface area contributed by atoms with Crippen molar-refractivity contribution in [1.29, 1.82) is 0 Å². The molecule has 460 valence electrons. The molecule has 83 heavy (non-hydrogen) atoms. The van der Waals surface area contributed by atoms with Gasteiger partial charge in [-0.05, 0) is 107 Å². The van der Waals surface area contributed by atoms with Gasteiger partial charge in [0.1, 0.15) is 52.6 Å². The summed E-state index contributed by atoms with van der Waals surface area (Å²) in [6, 6.07) is 4.90. The van der Waals surface area contributed by atoms with E-state index in [4.69, 9.17) is 45.8 Å². The third-order valence-corrected chi connectivity index (χ3v) is 17.4. The van der Waals surface area contributed by atoms with Crippen molar-refractivity contribution in [2.24, 2.45) is 17.6 Å². The van der Waals surface area contributed by atoms with E-state index >= 15 is 0 Å². The Balaban J connectivity index is 1.34. The molecule has 0 aromatic heterocycles. The van der Waals surface area contributed by atoms with Gasteiger partial charge in [0.25, 0.3) is 0 Å². The van der Waals surface area contributed by atoms with Crippen LogP contribution in [-0.2, 0) is 54.1 Å². The predicted octanol–water partition coefficient (Wildman–Crippen LogP) is 5.81. The zero-order valence-electron chi connectivity index (χ0n) is 48.4. The number of primary amides is 1. The molecule has 6 amide bonds. The van der Waals surface area contributed by atoms with Crippen LogP contribution in [0.1, 0.15) is 90.7 Å². The maximum absolute atomic E-state index is 14.5. The Hall–Kier alpha value is -5.22. The number of alkyl carbamates (subject to hydrolysis) is 1. The highest BCUT2D eigenvalue weighted by Gasteiger charge is 2.64. The summed E-state index contributed by atoms with van der Waals surface area (Å²) >= 11 is 13.5. The number of carbonyl (C=O) groups is 7. The van der Waals surface area contributed by atoms with E-state index in [1.807, 2.05) is 13.0 Å². The van der Waals surface area contributed by atoms with Gasteiger partial charge in [-0.3, -0.25) is 25.0 Å². The molecule has 3 heterocycles. The lowest BCUT2D eigenvalue weighted by Crippen LogP contribution is -2.63. The fourth-order valence-electron chi connectivity index (χ4n) is 10.1. The van der Waals surface area contributed by atoms with Crippen molar-refractivity contribution in [2.45, 2.75) is 159 Å². The lowest BCUT2D eigenvalue weighted by Gasteiger charge is -2.42. The number of benzene rings is 2. The van der Waals surface area contributed by atoms with Crippen molar-refractivity contribution in [3.05, 3.63) is 70.3 Å². The number of amides is 6. The van der Waals surface area contributed by atoms with E-state index in [0.717, 1.165) is 23.7 Å². The maximum atomic E-state index is 14.5. The number of carbonyl (C=O) groups excluding carboxylic acids is 7. The molecule has 26 heteroatoms. The Morgan fingerprint density at radius 3 is 2.41 bits per heavy atom. The first-order valence-electron chi connectivity index (χ1n) is 27.5. The van der Waals surface area contributed by atoms with Gasteiger partial charge < -0.3 is 80.1 Å². The van der Waals surface area contributed by atoms with Crippen molar-refractivity contribution in [2.75, 3.05) is 60.6 Å². The van der Waals surface area contributed by atoms with Gasteiger partial charge in [0.15, 0.2) is 12.0 Å². The van der Waals surface area contributed by atoms with Crippen LogP contribution in [0.3, 0.4) is 0 Å². The number of fused-ring (bicyclic) bond motifs is 5. The Morgan fingerprint density at radius 2 is 1.78 bits per heavy atom. The molecule has 2 unspecified atom stereocenters. The number of aliphatic hydroxyl groups excluding tert-OH is 1. The Labute approximate surface area is 506 Å². The molecule has 2 fully saturated rings. The van der Waals surface area contributed by atoms with Crippen LogP contribution in [0.4, 0.5) is 26.7 Å². The number of methoxy groups -OCH3 is 2. The van der Waals surface area contributed by atoms with Crippen LogP contribution in [0.15, 0.2) is 54.1 Å². The number of aryl methyl sites for hydroxylation is 1. The largest absolute Gasteiger partial charge is 0.495 e. The standard InChI is InChI=1S/C57H81Br2ClN8O15/c1-32(2)48(63-38(28-69)15-10-11-21-80-56(29-58,30-59)31-70)51(73)66-40(16-13-20-62-52(61)74)50(72)65-39-19-18-37(23-34(39)4)64-53(75)82-45-26-46(71)68(7)41-24-36(25-42(78-8)47(41)60)22-33(3)14-12-17-44(79-9)57(77)27-43(81-54(76)67-57)35(5)49-55(45,6)83-49/h12,14,17-19,23-25,28,31-32,35,38,40,43-45,48-49,53,63-64,75,77H,10-11,13,15-16,20-22,26-27,29-30H2,1-9H3,(H,65,72)(H,66,73)(H,67,76)(H3,61,62,74)/b17-12+,33-14+/t35-,38?,40+,43+,44-,45+,48+,49+,53?,55+,57+/m1/s1. The molecule has 0 saturated carbocycles. The number of ether oxygens (including phenoxy) is 6. The molecule has 0 radical (unpaired) electrons. The molecule has 2 saturated heterocycles. The summed E-state index contributed by atoms with van der Waals surface area (Å²) in [4.78, 5) is 92.3. The number of nitrogens with zero attached hydrogens (tertiary/aromatic N) is 1. The quantitative estimate of drug-likeness (QED) is 0.0168. The summed E-state index contributed by atoms with van der Waals surface area (Å²) in [5.74, 6) is -2.12. The molecule has 3 aliphatic heterocycles. The fourth-order valence-corrected chi connectivity index (χ4v) is 11.9. The molecule has 10 N–H and O–H groups in total. The third kappa shape index (κ3) is 18.6. The van der Waals surface area contributed by atoms with E-state index in [0.29, 0.717) is 64.7 Å². The summed E-state index contributed by atoms with van der Waals surface area (Å²) in [5, 5.41) is 41.2. The topological polar surface area (TPSA) is 320 Å². The van der Waals surface area contributed by atoms with Gasteiger partial charge in [0, 0.05) is 61.7 Å². The van der Waals surface area contributed by atoms with Gasteiger partial charge in [-0.1, -0.05) is 88.0 Å². The van der Waals surface area contributed by atoms with Crippen LogP contribution in [0.2, 0.25) is 5.02 Å². The van der Waals surface area contributed by atoms with E-state index in [-0.39, 0.29) is 49.8 Å². The number of nitrogens with two attached hydrogens (primary N) is 1. The number of urea groups is 1. The normalized spacial score (nSPS) is 25.4.